The van der Waals surface area contributed by atoms with Gasteiger partial charge in [-0.25, -0.2) is 9.97 Å². The summed E-state index contributed by atoms with van der Waals surface area (Å²) in [5, 5.41) is 22.8. The molecule has 0 amide bonds. The number of phenolic OH excluding ortho intramolecular Hbond substituents is 2. The first kappa shape index (κ1) is 15.2. The minimum Gasteiger partial charge on any atom is -0.508 e. The summed E-state index contributed by atoms with van der Waals surface area (Å²) in [5.74, 6) is 0.605. The molecular formula is C18H17N5O2. The van der Waals surface area contributed by atoms with E-state index in [1.165, 1.54) is 12.1 Å². The van der Waals surface area contributed by atoms with Gasteiger partial charge in [-0.3, -0.25) is 4.40 Å². The van der Waals surface area contributed by atoms with Crippen molar-refractivity contribution in [2.45, 2.75) is 0 Å². The Morgan fingerprint density at radius 1 is 1.08 bits per heavy atom. The highest BCUT2D eigenvalue weighted by molar-refractivity contribution is 5.85. The van der Waals surface area contributed by atoms with Crippen LogP contribution in [0, 0.1) is 0 Å². The van der Waals surface area contributed by atoms with E-state index in [4.69, 9.17) is 5.73 Å². The van der Waals surface area contributed by atoms with Crippen LogP contribution in [0.2, 0.25) is 0 Å². The summed E-state index contributed by atoms with van der Waals surface area (Å²) in [6, 6.07) is 12.2. The molecule has 126 valence electrons. The molecule has 5 N–H and O–H groups in total. The van der Waals surface area contributed by atoms with E-state index in [2.05, 4.69) is 15.3 Å². The summed E-state index contributed by atoms with van der Waals surface area (Å²) >= 11 is 0. The van der Waals surface area contributed by atoms with Gasteiger partial charge in [-0.1, -0.05) is 12.1 Å². The van der Waals surface area contributed by atoms with Crippen LogP contribution < -0.4 is 11.1 Å². The molecule has 0 fully saturated rings. The van der Waals surface area contributed by atoms with Gasteiger partial charge in [-0.15, -0.1) is 0 Å². The number of nitrogens with zero attached hydrogens (tertiary/aromatic N) is 3. The van der Waals surface area contributed by atoms with Crippen LogP contribution in [-0.4, -0.2) is 37.7 Å². The van der Waals surface area contributed by atoms with Gasteiger partial charge in [0.2, 0.25) is 0 Å². The molecule has 0 radical (unpaired) electrons. The molecule has 0 aliphatic rings. The van der Waals surface area contributed by atoms with Crippen molar-refractivity contribution >= 4 is 22.5 Å². The van der Waals surface area contributed by atoms with E-state index in [0.717, 1.165) is 11.0 Å². The minimum absolute atomic E-state index is 0.00225. The lowest BCUT2D eigenvalue weighted by molar-refractivity contribution is 0.452. The molecule has 0 saturated carbocycles. The van der Waals surface area contributed by atoms with E-state index >= 15 is 0 Å². The van der Waals surface area contributed by atoms with Crippen molar-refractivity contribution in [1.29, 1.82) is 0 Å². The fourth-order valence-corrected chi connectivity index (χ4v) is 2.84. The maximum atomic E-state index is 10.1. The molecule has 0 bridgehead atoms. The molecule has 0 unspecified atom stereocenters. The van der Waals surface area contributed by atoms with Crippen LogP contribution in [0.3, 0.4) is 0 Å². The average Bonchev–Trinajstić information content (AvgIpc) is 3.05. The van der Waals surface area contributed by atoms with Crippen molar-refractivity contribution < 1.29 is 10.2 Å². The van der Waals surface area contributed by atoms with Crippen molar-refractivity contribution in [3.8, 4) is 22.8 Å². The number of nitrogens with one attached hydrogen (secondary N) is 1. The molecule has 4 rings (SSSR count). The molecule has 0 atom stereocenters. The summed E-state index contributed by atoms with van der Waals surface area (Å²) in [5.41, 5.74) is 9.10. The molecule has 0 spiro atoms. The Labute approximate surface area is 143 Å². The van der Waals surface area contributed by atoms with Crippen molar-refractivity contribution in [3.05, 3.63) is 48.7 Å². The summed E-state index contributed by atoms with van der Waals surface area (Å²) in [6.45, 7) is 1.06. The Balaban J connectivity index is 1.98. The number of benzene rings is 2. The summed E-state index contributed by atoms with van der Waals surface area (Å²) < 4.78 is 1.93. The number of para-hydroxylation sites is 2. The van der Waals surface area contributed by atoms with Gasteiger partial charge in [0, 0.05) is 30.9 Å². The van der Waals surface area contributed by atoms with E-state index in [0.29, 0.717) is 35.8 Å². The van der Waals surface area contributed by atoms with Crippen molar-refractivity contribution in [1.82, 2.24) is 14.4 Å². The second-order valence-corrected chi connectivity index (χ2v) is 5.69. The SMILES string of the molecule is NCCNc1nc2ccccc2n2cc(-c3ccc(O)cc3O)nc12. The lowest BCUT2D eigenvalue weighted by atomic mass is 10.1. The van der Waals surface area contributed by atoms with E-state index < -0.39 is 0 Å². The molecule has 7 heteroatoms. The van der Waals surface area contributed by atoms with Gasteiger partial charge < -0.3 is 21.3 Å². The zero-order valence-corrected chi connectivity index (χ0v) is 13.3. The Morgan fingerprint density at radius 2 is 1.92 bits per heavy atom. The van der Waals surface area contributed by atoms with E-state index in [1.807, 2.05) is 34.9 Å². The topological polar surface area (TPSA) is 109 Å². The number of anilines is 1. The predicted molar refractivity (Wildman–Crippen MR) is 96.8 cm³/mol. The normalized spacial score (nSPS) is 11.2. The molecule has 0 aliphatic carbocycles. The maximum Gasteiger partial charge on any atom is 0.181 e. The lowest BCUT2D eigenvalue weighted by Gasteiger charge is -2.08. The van der Waals surface area contributed by atoms with E-state index in [1.54, 1.807) is 6.07 Å². The molecule has 7 nitrogen and oxygen atoms in total. The second kappa shape index (κ2) is 5.95. The van der Waals surface area contributed by atoms with Gasteiger partial charge in [0.25, 0.3) is 0 Å². The molecule has 2 heterocycles. The predicted octanol–water partition coefficient (Wildman–Crippen LogP) is 2.33. The standard InChI is InChI=1S/C18H17N5O2/c19-7-8-20-17-18-22-14(12-6-5-11(24)9-16(12)25)10-23(18)15-4-2-1-3-13(15)21-17/h1-6,9-10,24-25H,7-8,19H2,(H,20,21). The van der Waals surface area contributed by atoms with Crippen LogP contribution in [0.15, 0.2) is 48.7 Å². The average molecular weight is 335 g/mol. The van der Waals surface area contributed by atoms with Gasteiger partial charge in [0.05, 0.1) is 16.7 Å². The monoisotopic (exact) mass is 335 g/mol. The Bertz CT molecular complexity index is 1070. The highest BCUT2D eigenvalue weighted by Crippen LogP contribution is 2.33. The first-order valence-electron chi connectivity index (χ1n) is 7.91. The number of fused-ring (bicyclic) bond motifs is 3. The summed E-state index contributed by atoms with van der Waals surface area (Å²) in [7, 11) is 0. The molecule has 4 aromatic rings. The molecule has 2 aromatic carbocycles. The largest absolute Gasteiger partial charge is 0.508 e. The van der Waals surface area contributed by atoms with Gasteiger partial charge in [-0.05, 0) is 24.3 Å². The number of hydrogen-bond acceptors (Lipinski definition) is 6. The van der Waals surface area contributed by atoms with Gasteiger partial charge in [-0.2, -0.15) is 0 Å². The number of rotatable bonds is 4. The quantitative estimate of drug-likeness (QED) is 0.456. The third-order valence-corrected chi connectivity index (χ3v) is 3.99. The Morgan fingerprint density at radius 3 is 2.72 bits per heavy atom. The molecule has 0 aliphatic heterocycles. The third kappa shape index (κ3) is 2.60. The van der Waals surface area contributed by atoms with Crippen LogP contribution in [0.1, 0.15) is 0 Å². The number of imidazole rings is 1. The second-order valence-electron chi connectivity index (χ2n) is 5.69. The van der Waals surface area contributed by atoms with Crippen LogP contribution in [-0.2, 0) is 0 Å². The highest BCUT2D eigenvalue weighted by Gasteiger charge is 2.15. The van der Waals surface area contributed by atoms with Crippen LogP contribution >= 0.6 is 0 Å². The molecule has 2 aromatic heterocycles. The lowest BCUT2D eigenvalue weighted by Crippen LogP contribution is -2.14. The minimum atomic E-state index is -0.0304. The van der Waals surface area contributed by atoms with E-state index in [9.17, 15) is 10.2 Å². The van der Waals surface area contributed by atoms with Crippen molar-refractivity contribution in [2.24, 2.45) is 5.73 Å². The van der Waals surface area contributed by atoms with Crippen molar-refractivity contribution in [3.63, 3.8) is 0 Å². The number of aromatic nitrogens is 3. The van der Waals surface area contributed by atoms with E-state index in [-0.39, 0.29) is 11.5 Å². The smallest absolute Gasteiger partial charge is 0.181 e. The fourth-order valence-electron chi connectivity index (χ4n) is 2.84. The Hall–Kier alpha value is -3.32. The van der Waals surface area contributed by atoms with Crippen molar-refractivity contribution in [2.75, 3.05) is 18.4 Å². The summed E-state index contributed by atoms with van der Waals surface area (Å²) in [6.07, 6.45) is 1.85. The number of nitrogens with two attached hydrogens (primary N) is 1. The molecule has 25 heavy (non-hydrogen) atoms. The van der Waals surface area contributed by atoms with Crippen LogP contribution in [0.4, 0.5) is 5.82 Å². The zero-order chi connectivity index (χ0) is 17.4. The summed E-state index contributed by atoms with van der Waals surface area (Å²) in [4.78, 5) is 9.26. The van der Waals surface area contributed by atoms with Gasteiger partial charge in [0.1, 0.15) is 11.5 Å². The highest BCUT2D eigenvalue weighted by atomic mass is 16.3. The molecular weight excluding hydrogens is 318 g/mol. The van der Waals surface area contributed by atoms with Crippen LogP contribution in [0.5, 0.6) is 11.5 Å². The van der Waals surface area contributed by atoms with Crippen LogP contribution in [0.25, 0.3) is 27.9 Å². The number of phenols is 2. The molecule has 0 saturated heterocycles. The van der Waals surface area contributed by atoms with Gasteiger partial charge in [0.15, 0.2) is 11.5 Å². The number of aromatic hydroxyl groups is 2. The Kier molecular flexibility index (Phi) is 3.62. The first-order chi connectivity index (χ1) is 12.2. The third-order valence-electron chi connectivity index (χ3n) is 3.99. The zero-order valence-electron chi connectivity index (χ0n) is 13.3. The first-order valence-corrected chi connectivity index (χ1v) is 7.91. The number of hydrogen-bond donors (Lipinski definition) is 4. The fraction of sp³-hybridized carbons (Fsp3) is 0.111. The van der Waals surface area contributed by atoms with Gasteiger partial charge >= 0.3 is 0 Å². The maximum absolute atomic E-state index is 10.1.